The number of nitro benzene ring substituents is 1. The Hall–Kier alpha value is -1.94. The number of furan rings is 1. The van der Waals surface area contributed by atoms with Crippen molar-refractivity contribution in [3.05, 3.63) is 51.2 Å². The van der Waals surface area contributed by atoms with E-state index in [2.05, 4.69) is 5.32 Å². The van der Waals surface area contributed by atoms with Gasteiger partial charge in [-0.3, -0.25) is 10.1 Å². The van der Waals surface area contributed by atoms with Crippen molar-refractivity contribution in [1.29, 1.82) is 0 Å². The van der Waals surface area contributed by atoms with E-state index in [9.17, 15) is 18.5 Å². The van der Waals surface area contributed by atoms with Gasteiger partial charge < -0.3 is 9.73 Å². The molecule has 0 aliphatic carbocycles. The van der Waals surface area contributed by atoms with E-state index >= 15 is 0 Å². The number of halogens is 1. The number of nitro groups is 1. The fourth-order valence-electron chi connectivity index (χ4n) is 2.79. The third-order valence-electron chi connectivity index (χ3n) is 4.13. The number of rotatable bonds is 7. The number of nitrogens with one attached hydrogen (secondary N) is 1. The molecule has 140 valence electrons. The second-order valence-electron chi connectivity index (χ2n) is 5.93. The average molecular weight is 400 g/mol. The van der Waals surface area contributed by atoms with Crippen LogP contribution in [0.25, 0.3) is 11.3 Å². The number of hydrogen-bond donors (Lipinski definition) is 1. The normalized spacial score (nSPS) is 16.8. The van der Waals surface area contributed by atoms with Gasteiger partial charge in [0, 0.05) is 37.3 Å². The second-order valence-corrected chi connectivity index (χ2v) is 8.43. The Bertz CT molecular complexity index is 912. The van der Waals surface area contributed by atoms with Crippen molar-refractivity contribution >= 4 is 27.3 Å². The summed E-state index contributed by atoms with van der Waals surface area (Å²) in [6.45, 7) is 1.98. The van der Waals surface area contributed by atoms with Gasteiger partial charge in [0.05, 0.1) is 22.2 Å². The van der Waals surface area contributed by atoms with E-state index in [1.54, 1.807) is 18.2 Å². The molecule has 1 aromatic carbocycles. The molecule has 0 radical (unpaired) electrons. The molecule has 2 aromatic rings. The second kappa shape index (κ2) is 7.75. The first kappa shape index (κ1) is 18.8. The maximum Gasteiger partial charge on any atom is 0.270 e. The molecule has 1 aromatic heterocycles. The van der Waals surface area contributed by atoms with Crippen molar-refractivity contribution in [2.75, 3.05) is 25.4 Å². The maximum absolute atomic E-state index is 11.7. The van der Waals surface area contributed by atoms with Gasteiger partial charge in [0.1, 0.15) is 11.5 Å². The smallest absolute Gasteiger partial charge is 0.270 e. The number of nitrogens with zero attached hydrogens (tertiary/aromatic N) is 2. The third-order valence-corrected chi connectivity index (χ3v) is 6.40. The van der Waals surface area contributed by atoms with Crippen LogP contribution in [0.5, 0.6) is 0 Å². The Morgan fingerprint density at radius 1 is 1.31 bits per heavy atom. The molecule has 10 heteroatoms. The largest absolute Gasteiger partial charge is 0.460 e. The van der Waals surface area contributed by atoms with E-state index in [0.717, 1.165) is 0 Å². The quantitative estimate of drug-likeness (QED) is 0.436. The Labute approximate surface area is 155 Å². The van der Waals surface area contributed by atoms with Crippen molar-refractivity contribution in [2.24, 2.45) is 0 Å². The molecule has 0 spiro atoms. The molecule has 1 aliphatic rings. The minimum Gasteiger partial charge on any atom is -0.460 e. The van der Waals surface area contributed by atoms with Crippen LogP contribution >= 0.6 is 11.6 Å². The molecule has 1 fully saturated rings. The maximum atomic E-state index is 11.7. The van der Waals surface area contributed by atoms with Gasteiger partial charge in [-0.05, 0) is 24.6 Å². The van der Waals surface area contributed by atoms with Gasteiger partial charge in [-0.2, -0.15) is 0 Å². The minimum atomic E-state index is -3.07. The van der Waals surface area contributed by atoms with E-state index < -0.39 is 14.9 Å². The van der Waals surface area contributed by atoms with Crippen LogP contribution in [0.2, 0.25) is 5.02 Å². The minimum absolute atomic E-state index is 0.0796. The van der Waals surface area contributed by atoms with Crippen LogP contribution in [0.15, 0.2) is 34.7 Å². The highest BCUT2D eigenvalue weighted by Gasteiger charge is 2.27. The van der Waals surface area contributed by atoms with Crippen molar-refractivity contribution in [3.63, 3.8) is 0 Å². The molecular weight excluding hydrogens is 382 g/mol. The predicted octanol–water partition coefficient (Wildman–Crippen LogP) is 2.63. The summed E-state index contributed by atoms with van der Waals surface area (Å²) < 4.78 is 30.6. The number of sulfonamides is 1. The first-order chi connectivity index (χ1) is 12.4. The lowest BCUT2D eigenvalue weighted by Gasteiger charge is -2.13. The van der Waals surface area contributed by atoms with Crippen LogP contribution in [0.1, 0.15) is 12.2 Å². The monoisotopic (exact) mass is 399 g/mol. The lowest BCUT2D eigenvalue weighted by molar-refractivity contribution is -0.384. The zero-order valence-corrected chi connectivity index (χ0v) is 15.4. The van der Waals surface area contributed by atoms with E-state index in [0.29, 0.717) is 49.7 Å². The summed E-state index contributed by atoms with van der Waals surface area (Å²) in [5.41, 5.74) is 0.496. The first-order valence-corrected chi connectivity index (χ1v) is 10.1. The number of non-ortho nitro benzene ring substituents is 1. The molecular formula is C16H18ClN3O5S. The van der Waals surface area contributed by atoms with Crippen LogP contribution in [-0.4, -0.2) is 43.0 Å². The van der Waals surface area contributed by atoms with Crippen LogP contribution in [0.4, 0.5) is 5.69 Å². The summed E-state index contributed by atoms with van der Waals surface area (Å²) in [5, 5.41) is 14.2. The number of hydrogen-bond acceptors (Lipinski definition) is 6. The summed E-state index contributed by atoms with van der Waals surface area (Å²) in [5.74, 6) is 1.41. The van der Waals surface area contributed by atoms with Gasteiger partial charge in [0.25, 0.3) is 5.69 Å². The molecule has 0 bridgehead atoms. The van der Waals surface area contributed by atoms with Crippen LogP contribution < -0.4 is 5.32 Å². The summed E-state index contributed by atoms with van der Waals surface area (Å²) in [6, 6.07) is 7.74. The Balaban J connectivity index is 1.56. The summed E-state index contributed by atoms with van der Waals surface area (Å²) in [4.78, 5) is 10.3. The molecule has 0 unspecified atom stereocenters. The Morgan fingerprint density at radius 3 is 2.77 bits per heavy atom. The topological polar surface area (TPSA) is 106 Å². The van der Waals surface area contributed by atoms with Crippen molar-refractivity contribution in [1.82, 2.24) is 9.62 Å². The van der Waals surface area contributed by atoms with Gasteiger partial charge in [0.15, 0.2) is 0 Å². The average Bonchev–Trinajstić information content (AvgIpc) is 3.17. The Morgan fingerprint density at radius 2 is 2.12 bits per heavy atom. The third kappa shape index (κ3) is 4.24. The molecule has 8 nitrogen and oxygen atoms in total. The van der Waals surface area contributed by atoms with Gasteiger partial charge in [-0.1, -0.05) is 11.6 Å². The van der Waals surface area contributed by atoms with Crippen molar-refractivity contribution < 1.29 is 17.8 Å². The SMILES string of the molecule is O=[N+]([O-])c1ccc(-c2ccc(CNCCN3CCCS3(=O)=O)o2)c(Cl)c1. The van der Waals surface area contributed by atoms with E-state index in [-0.39, 0.29) is 16.5 Å². The molecule has 0 saturated carbocycles. The lowest BCUT2D eigenvalue weighted by atomic mass is 10.1. The molecule has 3 rings (SSSR count). The van der Waals surface area contributed by atoms with E-state index in [4.69, 9.17) is 16.0 Å². The molecule has 0 atom stereocenters. The standard InChI is InChI=1S/C16H18ClN3O5S/c17-15-10-12(20(21)22)2-4-14(15)16-5-3-13(25-16)11-18-6-8-19-7-1-9-26(19,23)24/h2-5,10,18H,1,6-9,11H2. The van der Waals surface area contributed by atoms with Gasteiger partial charge in [-0.15, -0.1) is 0 Å². The molecule has 26 heavy (non-hydrogen) atoms. The van der Waals surface area contributed by atoms with Crippen LogP contribution in [0.3, 0.4) is 0 Å². The van der Waals surface area contributed by atoms with Gasteiger partial charge >= 0.3 is 0 Å². The summed E-state index contributed by atoms with van der Waals surface area (Å²) >= 11 is 6.10. The highest BCUT2D eigenvalue weighted by Crippen LogP contribution is 2.32. The van der Waals surface area contributed by atoms with Crippen molar-refractivity contribution in [3.8, 4) is 11.3 Å². The summed E-state index contributed by atoms with van der Waals surface area (Å²) in [6.07, 6.45) is 0.680. The molecule has 1 saturated heterocycles. The lowest BCUT2D eigenvalue weighted by Crippen LogP contribution is -2.33. The van der Waals surface area contributed by atoms with Gasteiger partial charge in [-0.25, -0.2) is 12.7 Å². The summed E-state index contributed by atoms with van der Waals surface area (Å²) in [7, 11) is -3.07. The first-order valence-electron chi connectivity index (χ1n) is 8.08. The van der Waals surface area contributed by atoms with E-state index in [1.165, 1.54) is 16.4 Å². The zero-order valence-electron chi connectivity index (χ0n) is 13.9. The molecule has 1 aliphatic heterocycles. The zero-order chi connectivity index (χ0) is 18.7. The fourth-order valence-corrected chi connectivity index (χ4v) is 4.59. The molecule has 2 heterocycles. The van der Waals surface area contributed by atoms with Crippen LogP contribution in [-0.2, 0) is 16.6 Å². The van der Waals surface area contributed by atoms with Crippen LogP contribution in [0, 0.1) is 10.1 Å². The predicted molar refractivity (Wildman–Crippen MR) is 97.5 cm³/mol. The van der Waals surface area contributed by atoms with Crippen molar-refractivity contribution in [2.45, 2.75) is 13.0 Å². The molecule has 1 N–H and O–H groups in total. The number of benzene rings is 1. The molecule has 0 amide bonds. The highest BCUT2D eigenvalue weighted by atomic mass is 35.5. The highest BCUT2D eigenvalue weighted by molar-refractivity contribution is 7.89. The van der Waals surface area contributed by atoms with Gasteiger partial charge in [0.2, 0.25) is 10.0 Å². The Kier molecular flexibility index (Phi) is 5.61. The fraction of sp³-hybridized carbons (Fsp3) is 0.375. The van der Waals surface area contributed by atoms with E-state index in [1.807, 2.05) is 0 Å².